The Bertz CT molecular complexity index is 548. The van der Waals surface area contributed by atoms with Crippen molar-refractivity contribution in [3.63, 3.8) is 0 Å². The number of halogens is 4. The summed E-state index contributed by atoms with van der Waals surface area (Å²) in [4.78, 5) is 16.1. The maximum atomic E-state index is 12.8. The van der Waals surface area contributed by atoms with Gasteiger partial charge in [0.05, 0.1) is 11.5 Å². The average Bonchev–Trinajstić information content (AvgIpc) is 2.40. The number of likely N-dealkylation sites (N-methyl/N-ethyl adjacent to an activating group) is 1. The molecule has 8 heteroatoms. The molecule has 0 radical (unpaired) electrons. The van der Waals surface area contributed by atoms with Gasteiger partial charge >= 0.3 is 6.18 Å². The van der Waals surface area contributed by atoms with Crippen LogP contribution in [0.1, 0.15) is 11.1 Å². The Morgan fingerprint density at radius 3 is 2.42 bits per heavy atom. The predicted molar refractivity (Wildman–Crippen MR) is 89.0 cm³/mol. The molecule has 0 saturated carbocycles. The van der Waals surface area contributed by atoms with Crippen LogP contribution in [0.3, 0.4) is 0 Å². The summed E-state index contributed by atoms with van der Waals surface area (Å²) >= 11 is 0. The van der Waals surface area contributed by atoms with E-state index in [1.54, 1.807) is 11.0 Å². The number of benzene rings is 1. The van der Waals surface area contributed by atoms with Gasteiger partial charge in [-0.15, -0.1) is 12.4 Å². The van der Waals surface area contributed by atoms with E-state index in [0.717, 1.165) is 12.1 Å². The summed E-state index contributed by atoms with van der Waals surface area (Å²) in [5, 5.41) is 3.05. The summed E-state index contributed by atoms with van der Waals surface area (Å²) in [6.07, 6.45) is -4.37. The van der Waals surface area contributed by atoms with E-state index >= 15 is 0 Å². The number of carbonyl (C=O) groups excluding carboxylic acids is 1. The maximum Gasteiger partial charge on any atom is 0.416 e. The molecule has 0 atom stereocenters. The van der Waals surface area contributed by atoms with Crippen LogP contribution in [0.15, 0.2) is 24.3 Å². The molecule has 1 saturated heterocycles. The van der Waals surface area contributed by atoms with Crippen molar-refractivity contribution in [1.82, 2.24) is 15.1 Å². The quantitative estimate of drug-likeness (QED) is 0.839. The van der Waals surface area contributed by atoms with Gasteiger partial charge in [-0.2, -0.15) is 13.2 Å². The lowest BCUT2D eigenvalue weighted by Gasteiger charge is -2.33. The minimum atomic E-state index is -4.37. The Morgan fingerprint density at radius 2 is 1.92 bits per heavy atom. The highest BCUT2D eigenvalue weighted by Crippen LogP contribution is 2.29. The summed E-state index contributed by atoms with van der Waals surface area (Å²) in [7, 11) is 3.80. The van der Waals surface area contributed by atoms with E-state index in [2.05, 4.69) is 5.32 Å². The fourth-order valence-electron chi connectivity index (χ4n) is 2.38. The van der Waals surface area contributed by atoms with E-state index in [1.165, 1.54) is 6.07 Å². The van der Waals surface area contributed by atoms with Gasteiger partial charge in [0.25, 0.3) is 0 Å². The molecule has 24 heavy (non-hydrogen) atoms. The molecule has 1 aromatic rings. The maximum absolute atomic E-state index is 12.8. The van der Waals surface area contributed by atoms with Crippen molar-refractivity contribution < 1.29 is 18.0 Å². The van der Waals surface area contributed by atoms with E-state index in [9.17, 15) is 18.0 Å². The Hall–Kier alpha value is -1.31. The number of hydrogen-bond acceptors (Lipinski definition) is 3. The summed E-state index contributed by atoms with van der Waals surface area (Å²) in [6, 6.07) is 5.18. The van der Waals surface area contributed by atoms with Gasteiger partial charge in [-0.25, -0.2) is 0 Å². The molecule has 1 N–H and O–H groups in total. The minimum absolute atomic E-state index is 0. The lowest BCUT2D eigenvalue weighted by molar-refractivity contribution is -0.137. The Kier molecular flexibility index (Phi) is 7.51. The molecular weight excluding hydrogens is 343 g/mol. The third kappa shape index (κ3) is 5.65. The third-order valence-corrected chi connectivity index (χ3v) is 3.89. The smallest absolute Gasteiger partial charge is 0.337 e. The first-order valence-electron chi connectivity index (χ1n) is 7.57. The monoisotopic (exact) mass is 365 g/mol. The molecule has 1 heterocycles. The molecule has 4 nitrogen and oxygen atoms in total. The van der Waals surface area contributed by atoms with Crippen LogP contribution in [-0.2, 0) is 17.5 Å². The van der Waals surface area contributed by atoms with Crippen LogP contribution in [0.5, 0.6) is 0 Å². The second kappa shape index (κ2) is 8.69. The summed E-state index contributed by atoms with van der Waals surface area (Å²) in [6.45, 7) is 2.65. The van der Waals surface area contributed by atoms with Crippen molar-refractivity contribution in [2.24, 2.45) is 5.92 Å². The van der Waals surface area contributed by atoms with Crippen molar-refractivity contribution in [3.05, 3.63) is 35.4 Å². The average molecular weight is 366 g/mol. The molecule has 0 aromatic heterocycles. The summed E-state index contributed by atoms with van der Waals surface area (Å²) < 4.78 is 38.4. The zero-order valence-corrected chi connectivity index (χ0v) is 14.6. The van der Waals surface area contributed by atoms with Crippen LogP contribution < -0.4 is 5.32 Å². The zero-order chi connectivity index (χ0) is 17.0. The number of nitrogens with zero attached hydrogens (tertiary/aromatic N) is 2. The molecule has 1 aliphatic rings. The molecule has 1 aromatic carbocycles. The van der Waals surface area contributed by atoms with Gasteiger partial charge in [-0.05, 0) is 31.8 Å². The second-order valence-electron chi connectivity index (χ2n) is 6.12. The van der Waals surface area contributed by atoms with Gasteiger partial charge in [-0.3, -0.25) is 4.79 Å². The van der Waals surface area contributed by atoms with Gasteiger partial charge in [0.2, 0.25) is 5.91 Å². The zero-order valence-electron chi connectivity index (χ0n) is 13.8. The largest absolute Gasteiger partial charge is 0.416 e. The van der Waals surface area contributed by atoms with E-state index in [1.807, 2.05) is 19.0 Å². The number of amides is 1. The summed E-state index contributed by atoms with van der Waals surface area (Å²) in [5.41, 5.74) is -0.181. The molecular formula is C16H23ClF3N3O. The van der Waals surface area contributed by atoms with Crippen molar-refractivity contribution in [2.45, 2.75) is 12.7 Å². The Labute approximate surface area is 146 Å². The molecule has 1 aliphatic heterocycles. The first-order valence-corrected chi connectivity index (χ1v) is 7.57. The third-order valence-electron chi connectivity index (χ3n) is 3.89. The van der Waals surface area contributed by atoms with Crippen molar-refractivity contribution in [1.29, 1.82) is 0 Å². The lowest BCUT2D eigenvalue weighted by Crippen LogP contribution is -2.52. The molecule has 1 amide bonds. The van der Waals surface area contributed by atoms with Crippen LogP contribution in [0.4, 0.5) is 13.2 Å². The van der Waals surface area contributed by atoms with E-state index in [0.29, 0.717) is 31.7 Å². The number of hydrogen-bond donors (Lipinski definition) is 1. The highest BCUT2D eigenvalue weighted by atomic mass is 35.5. The standard InChI is InChI=1S/C16H22F3N3O.ClH/c1-21(2)6-7-22(15(23)13-9-20-10-13)11-12-4-3-5-14(8-12)16(17,18)19;/h3-5,8,13,20H,6-7,9-11H2,1-2H3;1H. The van der Waals surface area contributed by atoms with Crippen LogP contribution >= 0.6 is 12.4 Å². The molecule has 0 aliphatic carbocycles. The highest BCUT2D eigenvalue weighted by molar-refractivity contribution is 5.85. The number of alkyl halides is 3. The van der Waals surface area contributed by atoms with Gasteiger partial charge in [0, 0.05) is 32.7 Å². The molecule has 2 rings (SSSR count). The first kappa shape index (κ1) is 20.7. The Balaban J connectivity index is 0.00000288. The van der Waals surface area contributed by atoms with Gasteiger partial charge in [-0.1, -0.05) is 12.1 Å². The number of carbonyl (C=O) groups is 1. The molecule has 0 bridgehead atoms. The van der Waals surface area contributed by atoms with Gasteiger partial charge in [0.15, 0.2) is 0 Å². The number of rotatable bonds is 6. The van der Waals surface area contributed by atoms with Crippen molar-refractivity contribution in [3.8, 4) is 0 Å². The first-order chi connectivity index (χ1) is 10.8. The van der Waals surface area contributed by atoms with Crippen molar-refractivity contribution in [2.75, 3.05) is 40.3 Å². The molecule has 0 unspecified atom stereocenters. The Morgan fingerprint density at radius 1 is 1.25 bits per heavy atom. The van der Waals surface area contributed by atoms with Crippen LogP contribution in [0.2, 0.25) is 0 Å². The number of nitrogens with one attached hydrogen (secondary N) is 1. The van der Waals surface area contributed by atoms with Gasteiger partial charge in [0.1, 0.15) is 0 Å². The fraction of sp³-hybridized carbons (Fsp3) is 0.562. The lowest BCUT2D eigenvalue weighted by atomic mass is 10.0. The highest BCUT2D eigenvalue weighted by Gasteiger charge is 2.32. The SMILES string of the molecule is CN(C)CCN(Cc1cccc(C(F)(F)F)c1)C(=O)C1CNC1.Cl. The second-order valence-corrected chi connectivity index (χ2v) is 6.12. The molecule has 0 spiro atoms. The molecule has 136 valence electrons. The predicted octanol–water partition coefficient (Wildman–Crippen LogP) is 2.24. The van der Waals surface area contributed by atoms with Crippen LogP contribution in [0, 0.1) is 5.92 Å². The van der Waals surface area contributed by atoms with E-state index < -0.39 is 11.7 Å². The van der Waals surface area contributed by atoms with E-state index in [4.69, 9.17) is 0 Å². The fourth-order valence-corrected chi connectivity index (χ4v) is 2.38. The van der Waals surface area contributed by atoms with Crippen LogP contribution in [-0.4, -0.2) is 56.0 Å². The minimum Gasteiger partial charge on any atom is -0.337 e. The van der Waals surface area contributed by atoms with E-state index in [-0.39, 0.29) is 30.8 Å². The normalized spacial score (nSPS) is 14.9. The van der Waals surface area contributed by atoms with Crippen LogP contribution in [0.25, 0.3) is 0 Å². The molecule has 1 fully saturated rings. The summed E-state index contributed by atoms with van der Waals surface area (Å²) in [5.74, 6) is -0.0639. The topological polar surface area (TPSA) is 35.6 Å². The van der Waals surface area contributed by atoms with Gasteiger partial charge < -0.3 is 15.1 Å². The van der Waals surface area contributed by atoms with Crippen molar-refractivity contribution >= 4 is 18.3 Å².